The Hall–Kier alpha value is -2.66. The van der Waals surface area contributed by atoms with E-state index < -0.39 is 18.0 Å². The van der Waals surface area contributed by atoms with Gasteiger partial charge >= 0.3 is 5.97 Å². The van der Waals surface area contributed by atoms with Gasteiger partial charge in [0.1, 0.15) is 0 Å². The minimum absolute atomic E-state index is 0.250. The maximum absolute atomic E-state index is 12.0. The zero-order valence-corrected chi connectivity index (χ0v) is 12.9. The van der Waals surface area contributed by atoms with Crippen molar-refractivity contribution in [3.8, 4) is 0 Å². The van der Waals surface area contributed by atoms with E-state index in [2.05, 4.69) is 5.48 Å². The van der Waals surface area contributed by atoms with Crippen LogP contribution in [0, 0.1) is 0 Å². The highest BCUT2D eigenvalue weighted by atomic mass is 16.7. The summed E-state index contributed by atoms with van der Waals surface area (Å²) in [6.07, 6.45) is -0.584. The highest BCUT2D eigenvalue weighted by Gasteiger charge is 2.23. The maximum atomic E-state index is 12.0. The van der Waals surface area contributed by atoms with Gasteiger partial charge in [0.25, 0.3) is 5.91 Å². The molecular formula is C18H19NO4. The van der Waals surface area contributed by atoms with Crippen LogP contribution in [0.25, 0.3) is 0 Å². The number of hydrogen-bond donors (Lipinski definition) is 1. The molecule has 0 unspecified atom stereocenters. The van der Waals surface area contributed by atoms with Crippen LogP contribution in [0.5, 0.6) is 0 Å². The summed E-state index contributed by atoms with van der Waals surface area (Å²) in [6.45, 7) is 1.97. The van der Waals surface area contributed by atoms with Crippen molar-refractivity contribution in [3.05, 3.63) is 71.8 Å². The number of carbonyl (C=O) groups is 2. The molecule has 2 aromatic rings. The van der Waals surface area contributed by atoms with Gasteiger partial charge < -0.3 is 4.74 Å². The Balaban J connectivity index is 2.00. The van der Waals surface area contributed by atoms with Gasteiger partial charge in [-0.3, -0.25) is 9.63 Å². The lowest BCUT2D eigenvalue weighted by atomic mass is 10.1. The largest absolute Gasteiger partial charge is 0.464 e. The first-order valence-corrected chi connectivity index (χ1v) is 7.42. The normalized spacial score (nSPS) is 11.5. The van der Waals surface area contributed by atoms with E-state index in [1.807, 2.05) is 36.4 Å². The number of benzene rings is 2. The summed E-state index contributed by atoms with van der Waals surface area (Å²) in [4.78, 5) is 29.3. The van der Waals surface area contributed by atoms with Gasteiger partial charge in [-0.2, -0.15) is 0 Å². The van der Waals surface area contributed by atoms with E-state index in [0.717, 1.165) is 5.56 Å². The number of nitrogens with one attached hydrogen (secondary N) is 1. The lowest BCUT2D eigenvalue weighted by molar-refractivity contribution is -0.160. The monoisotopic (exact) mass is 313 g/mol. The number of carbonyl (C=O) groups excluding carboxylic acids is 2. The van der Waals surface area contributed by atoms with Gasteiger partial charge in [-0.05, 0) is 24.6 Å². The van der Waals surface area contributed by atoms with Gasteiger partial charge in [0.05, 0.1) is 6.61 Å². The third-order valence-electron chi connectivity index (χ3n) is 3.14. The molecule has 0 saturated carbocycles. The SMILES string of the molecule is CCOC(=O)[C@H](Cc1ccccc1)ONC(=O)c1ccccc1. The summed E-state index contributed by atoms with van der Waals surface area (Å²) in [7, 11) is 0. The second-order valence-electron chi connectivity index (χ2n) is 4.85. The fourth-order valence-corrected chi connectivity index (χ4v) is 2.01. The first kappa shape index (κ1) is 16.7. The molecule has 5 heteroatoms. The van der Waals surface area contributed by atoms with Gasteiger partial charge in [-0.25, -0.2) is 10.3 Å². The van der Waals surface area contributed by atoms with Crippen molar-refractivity contribution in [2.75, 3.05) is 6.61 Å². The second-order valence-corrected chi connectivity index (χ2v) is 4.85. The summed E-state index contributed by atoms with van der Waals surface area (Å²) in [5, 5.41) is 0. The first-order chi connectivity index (χ1) is 11.2. The van der Waals surface area contributed by atoms with Crippen LogP contribution in [0.3, 0.4) is 0 Å². The highest BCUT2D eigenvalue weighted by molar-refractivity contribution is 5.93. The molecule has 0 spiro atoms. The van der Waals surface area contributed by atoms with Crippen LogP contribution < -0.4 is 5.48 Å². The number of amides is 1. The predicted molar refractivity (Wildman–Crippen MR) is 85.6 cm³/mol. The van der Waals surface area contributed by atoms with Crippen LogP contribution in [0.15, 0.2) is 60.7 Å². The van der Waals surface area contributed by atoms with E-state index in [-0.39, 0.29) is 6.61 Å². The quantitative estimate of drug-likeness (QED) is 0.630. The molecule has 1 N–H and O–H groups in total. The number of rotatable bonds is 7. The van der Waals surface area contributed by atoms with Crippen molar-refractivity contribution >= 4 is 11.9 Å². The number of esters is 1. The molecule has 0 bridgehead atoms. The molecule has 0 fully saturated rings. The van der Waals surface area contributed by atoms with Gasteiger partial charge in [0.15, 0.2) is 6.10 Å². The standard InChI is InChI=1S/C18H19NO4/c1-2-22-18(21)16(13-14-9-5-3-6-10-14)23-19-17(20)15-11-7-4-8-12-15/h3-12,16H,2,13H2,1H3,(H,19,20)/t16-/m0/s1. The average molecular weight is 313 g/mol. The molecule has 0 aliphatic carbocycles. The van der Waals surface area contributed by atoms with Crippen molar-refractivity contribution in [1.82, 2.24) is 5.48 Å². The minimum Gasteiger partial charge on any atom is -0.464 e. The topological polar surface area (TPSA) is 64.6 Å². The lowest BCUT2D eigenvalue weighted by Gasteiger charge is -2.16. The van der Waals surface area contributed by atoms with Crippen molar-refractivity contribution in [1.29, 1.82) is 0 Å². The number of hydroxylamine groups is 1. The summed E-state index contributed by atoms with van der Waals surface area (Å²) < 4.78 is 5.00. The summed E-state index contributed by atoms with van der Waals surface area (Å²) >= 11 is 0. The molecule has 0 saturated heterocycles. The number of hydrogen-bond acceptors (Lipinski definition) is 4. The Bertz CT molecular complexity index is 628. The zero-order chi connectivity index (χ0) is 16.5. The van der Waals surface area contributed by atoms with Gasteiger partial charge in [-0.1, -0.05) is 48.5 Å². The molecule has 120 valence electrons. The minimum atomic E-state index is -0.898. The molecule has 0 radical (unpaired) electrons. The Morgan fingerprint density at radius 1 is 1.00 bits per heavy atom. The van der Waals surface area contributed by atoms with Gasteiger partial charge in [-0.15, -0.1) is 0 Å². The summed E-state index contributed by atoms with van der Waals surface area (Å²) in [5.74, 6) is -0.919. The van der Waals surface area contributed by atoms with Crippen molar-refractivity contribution in [3.63, 3.8) is 0 Å². The molecule has 5 nitrogen and oxygen atoms in total. The smallest absolute Gasteiger partial charge is 0.338 e. The molecule has 23 heavy (non-hydrogen) atoms. The number of ether oxygens (including phenoxy) is 1. The third-order valence-corrected chi connectivity index (χ3v) is 3.14. The van der Waals surface area contributed by atoms with E-state index in [4.69, 9.17) is 9.57 Å². The molecular weight excluding hydrogens is 294 g/mol. The molecule has 2 rings (SSSR count). The van der Waals surface area contributed by atoms with E-state index in [1.165, 1.54) is 0 Å². The molecule has 0 aliphatic rings. The molecule has 0 aromatic heterocycles. The fourth-order valence-electron chi connectivity index (χ4n) is 2.01. The van der Waals surface area contributed by atoms with Gasteiger partial charge in [0.2, 0.25) is 0 Å². The zero-order valence-electron chi connectivity index (χ0n) is 12.9. The van der Waals surface area contributed by atoms with Crippen LogP contribution in [0.4, 0.5) is 0 Å². The van der Waals surface area contributed by atoms with Crippen molar-refractivity contribution < 1.29 is 19.2 Å². The Kier molecular flexibility index (Phi) is 6.32. The molecule has 1 atom stereocenters. The summed E-state index contributed by atoms with van der Waals surface area (Å²) in [6, 6.07) is 18.0. The van der Waals surface area contributed by atoms with E-state index in [0.29, 0.717) is 12.0 Å². The molecule has 0 aliphatic heterocycles. The third kappa shape index (κ3) is 5.23. The molecule has 1 amide bonds. The van der Waals surface area contributed by atoms with Gasteiger partial charge in [0, 0.05) is 12.0 Å². The Morgan fingerprint density at radius 3 is 2.22 bits per heavy atom. The van der Waals surface area contributed by atoms with E-state index in [1.54, 1.807) is 31.2 Å². The van der Waals surface area contributed by atoms with E-state index in [9.17, 15) is 9.59 Å². The highest BCUT2D eigenvalue weighted by Crippen LogP contribution is 2.08. The van der Waals surface area contributed by atoms with Crippen LogP contribution in [-0.2, 0) is 20.8 Å². The van der Waals surface area contributed by atoms with Crippen LogP contribution in [0.2, 0.25) is 0 Å². The van der Waals surface area contributed by atoms with Crippen molar-refractivity contribution in [2.45, 2.75) is 19.4 Å². The van der Waals surface area contributed by atoms with Crippen LogP contribution in [-0.4, -0.2) is 24.6 Å². The lowest BCUT2D eigenvalue weighted by Crippen LogP contribution is -2.37. The second kappa shape index (κ2) is 8.70. The fraction of sp³-hybridized carbons (Fsp3) is 0.222. The van der Waals surface area contributed by atoms with E-state index >= 15 is 0 Å². The first-order valence-electron chi connectivity index (χ1n) is 7.42. The molecule has 0 heterocycles. The average Bonchev–Trinajstić information content (AvgIpc) is 2.60. The maximum Gasteiger partial charge on any atom is 0.338 e. The molecule has 2 aromatic carbocycles. The predicted octanol–water partition coefficient (Wildman–Crippen LogP) is 2.52. The van der Waals surface area contributed by atoms with Crippen LogP contribution >= 0.6 is 0 Å². The van der Waals surface area contributed by atoms with Crippen molar-refractivity contribution in [2.24, 2.45) is 0 Å². The van der Waals surface area contributed by atoms with Crippen LogP contribution in [0.1, 0.15) is 22.8 Å². The Labute approximate surface area is 135 Å². The summed E-state index contributed by atoms with van der Waals surface area (Å²) in [5.41, 5.74) is 3.69. The Morgan fingerprint density at radius 2 is 1.61 bits per heavy atom.